The van der Waals surface area contributed by atoms with E-state index in [9.17, 15) is 4.79 Å². The van der Waals surface area contributed by atoms with Gasteiger partial charge in [-0.2, -0.15) is 0 Å². The van der Waals surface area contributed by atoms with Crippen molar-refractivity contribution in [1.82, 2.24) is 9.88 Å². The van der Waals surface area contributed by atoms with Crippen molar-refractivity contribution in [2.75, 3.05) is 44.3 Å². The molecule has 128 valence electrons. The number of carbonyl (C=O) groups is 1. The van der Waals surface area contributed by atoms with E-state index in [1.54, 1.807) is 11.8 Å². The van der Waals surface area contributed by atoms with Gasteiger partial charge in [-0.25, -0.2) is 4.98 Å². The zero-order valence-electron chi connectivity index (χ0n) is 14.0. The number of carbonyl (C=O) groups excluding carboxylic acids is 1. The molecule has 3 rings (SSSR count). The Morgan fingerprint density at radius 1 is 1.29 bits per heavy atom. The molecule has 0 spiro atoms. The lowest BCUT2D eigenvalue weighted by Gasteiger charge is -2.27. The van der Waals surface area contributed by atoms with Crippen molar-refractivity contribution >= 4 is 22.4 Å². The van der Waals surface area contributed by atoms with E-state index in [0.717, 1.165) is 55.7 Å². The Morgan fingerprint density at radius 2 is 2.04 bits per heavy atom. The van der Waals surface area contributed by atoms with Crippen LogP contribution in [0.4, 0.5) is 5.13 Å². The molecule has 1 fully saturated rings. The maximum absolute atomic E-state index is 12.0. The van der Waals surface area contributed by atoms with Crippen molar-refractivity contribution in [2.45, 2.75) is 13.3 Å². The van der Waals surface area contributed by atoms with Crippen LogP contribution in [0.5, 0.6) is 0 Å². The summed E-state index contributed by atoms with van der Waals surface area (Å²) in [5, 5.41) is 2.80. The molecule has 1 amide bonds. The summed E-state index contributed by atoms with van der Waals surface area (Å²) in [6.45, 7) is 6.88. The predicted octanol–water partition coefficient (Wildman–Crippen LogP) is 2.89. The second kappa shape index (κ2) is 8.37. The van der Waals surface area contributed by atoms with Gasteiger partial charge in [0, 0.05) is 44.0 Å². The van der Waals surface area contributed by atoms with Crippen molar-refractivity contribution < 1.29 is 9.53 Å². The zero-order valence-corrected chi connectivity index (χ0v) is 14.8. The number of hydrogen-bond acceptors (Lipinski definition) is 5. The highest BCUT2D eigenvalue weighted by molar-refractivity contribution is 7.14. The molecule has 1 aliphatic rings. The number of morpholine rings is 1. The summed E-state index contributed by atoms with van der Waals surface area (Å²) in [4.78, 5) is 20.9. The normalized spacial score (nSPS) is 15.4. The summed E-state index contributed by atoms with van der Waals surface area (Å²) in [7, 11) is 0. The predicted molar refractivity (Wildman–Crippen MR) is 97.5 cm³/mol. The maximum Gasteiger partial charge on any atom is 0.225 e. The Bertz CT molecular complexity index is 653. The molecule has 2 aromatic rings. The average molecular weight is 345 g/mol. The number of nitrogens with zero attached hydrogens (tertiary/aromatic N) is 3. The van der Waals surface area contributed by atoms with Crippen molar-refractivity contribution in [2.24, 2.45) is 0 Å². The smallest absolute Gasteiger partial charge is 0.225 e. The molecule has 0 atom stereocenters. The van der Waals surface area contributed by atoms with Gasteiger partial charge in [0.25, 0.3) is 0 Å². The fourth-order valence-electron chi connectivity index (χ4n) is 2.79. The second-order valence-electron chi connectivity index (χ2n) is 5.86. The van der Waals surface area contributed by atoms with Crippen LogP contribution in [0.15, 0.2) is 35.7 Å². The van der Waals surface area contributed by atoms with Gasteiger partial charge in [-0.05, 0) is 6.42 Å². The Balaban J connectivity index is 1.61. The molecule has 5 nitrogen and oxygen atoms in total. The highest BCUT2D eigenvalue weighted by atomic mass is 32.1. The van der Waals surface area contributed by atoms with Gasteiger partial charge in [-0.15, -0.1) is 11.3 Å². The molecule has 0 bridgehead atoms. The molecular weight excluding hydrogens is 322 g/mol. The monoisotopic (exact) mass is 345 g/mol. The molecule has 2 heterocycles. The third-order valence-corrected chi connectivity index (χ3v) is 5.00. The summed E-state index contributed by atoms with van der Waals surface area (Å²) in [5.74, 6) is 0.0472. The molecule has 0 unspecified atom stereocenters. The van der Waals surface area contributed by atoms with Crippen LogP contribution in [0.2, 0.25) is 0 Å². The highest BCUT2D eigenvalue weighted by Crippen LogP contribution is 2.27. The maximum atomic E-state index is 12.0. The van der Waals surface area contributed by atoms with Crippen LogP contribution in [0.1, 0.15) is 13.3 Å². The topological polar surface area (TPSA) is 45.7 Å². The number of hydrogen-bond donors (Lipinski definition) is 0. The van der Waals surface area contributed by atoms with Gasteiger partial charge in [-0.1, -0.05) is 30.3 Å². The molecule has 0 N–H and O–H groups in total. The minimum atomic E-state index is 0.0472. The minimum absolute atomic E-state index is 0.0472. The Kier molecular flexibility index (Phi) is 5.96. The highest BCUT2D eigenvalue weighted by Gasteiger charge is 2.17. The Hall–Kier alpha value is -1.76. The van der Waals surface area contributed by atoms with Crippen LogP contribution in [-0.2, 0) is 9.53 Å². The van der Waals surface area contributed by atoms with Crippen LogP contribution in [-0.4, -0.2) is 55.2 Å². The Morgan fingerprint density at radius 3 is 2.75 bits per heavy atom. The first-order valence-corrected chi connectivity index (χ1v) is 9.21. The van der Waals surface area contributed by atoms with Gasteiger partial charge in [0.05, 0.1) is 18.9 Å². The second-order valence-corrected chi connectivity index (χ2v) is 6.70. The van der Waals surface area contributed by atoms with Crippen LogP contribution in [0.25, 0.3) is 11.3 Å². The number of benzene rings is 1. The van der Waals surface area contributed by atoms with Crippen molar-refractivity contribution in [3.05, 3.63) is 35.7 Å². The SMILES string of the molecule is CC(=O)N(CCCN1CCOCC1)c1nc(-c2ccccc2)cs1. The largest absolute Gasteiger partial charge is 0.379 e. The van der Waals surface area contributed by atoms with E-state index < -0.39 is 0 Å². The van der Waals surface area contributed by atoms with Crippen LogP contribution in [0.3, 0.4) is 0 Å². The number of anilines is 1. The van der Waals surface area contributed by atoms with Crippen LogP contribution in [0, 0.1) is 0 Å². The quantitative estimate of drug-likeness (QED) is 0.808. The van der Waals surface area contributed by atoms with Crippen molar-refractivity contribution in [3.8, 4) is 11.3 Å². The van der Waals surface area contributed by atoms with Crippen molar-refractivity contribution in [1.29, 1.82) is 0 Å². The van der Waals surface area contributed by atoms with E-state index in [2.05, 4.69) is 9.88 Å². The van der Waals surface area contributed by atoms with Crippen LogP contribution >= 0.6 is 11.3 Å². The number of amides is 1. The number of ether oxygens (including phenoxy) is 1. The number of aromatic nitrogens is 1. The fourth-order valence-corrected chi connectivity index (χ4v) is 3.70. The molecule has 0 radical (unpaired) electrons. The van der Waals surface area contributed by atoms with Gasteiger partial charge in [0.1, 0.15) is 0 Å². The summed E-state index contributed by atoms with van der Waals surface area (Å²) in [6.07, 6.45) is 0.944. The number of rotatable bonds is 6. The minimum Gasteiger partial charge on any atom is -0.379 e. The van der Waals surface area contributed by atoms with Crippen molar-refractivity contribution in [3.63, 3.8) is 0 Å². The molecule has 1 aromatic carbocycles. The lowest BCUT2D eigenvalue weighted by atomic mass is 10.2. The van der Waals surface area contributed by atoms with E-state index in [0.29, 0.717) is 6.54 Å². The molecule has 6 heteroatoms. The van der Waals surface area contributed by atoms with Gasteiger partial charge >= 0.3 is 0 Å². The first-order valence-electron chi connectivity index (χ1n) is 8.33. The lowest BCUT2D eigenvalue weighted by Crippen LogP contribution is -2.38. The van der Waals surface area contributed by atoms with Gasteiger partial charge in [-0.3, -0.25) is 14.6 Å². The third kappa shape index (κ3) is 4.41. The molecule has 1 aromatic heterocycles. The van der Waals surface area contributed by atoms with E-state index in [4.69, 9.17) is 4.74 Å². The molecule has 0 saturated carbocycles. The summed E-state index contributed by atoms with van der Waals surface area (Å²) in [6, 6.07) is 10.1. The first kappa shape index (κ1) is 17.1. The number of thiazole rings is 1. The molecule has 1 aliphatic heterocycles. The third-order valence-electron chi connectivity index (χ3n) is 4.13. The zero-order chi connectivity index (χ0) is 16.8. The van der Waals surface area contributed by atoms with Gasteiger partial charge in [0.15, 0.2) is 5.13 Å². The van der Waals surface area contributed by atoms with E-state index in [-0.39, 0.29) is 5.91 Å². The van der Waals surface area contributed by atoms with E-state index in [1.165, 1.54) is 11.3 Å². The molecule has 24 heavy (non-hydrogen) atoms. The standard InChI is InChI=1S/C18H23N3O2S/c1-15(22)21(9-5-8-20-10-12-23-13-11-20)18-19-17(14-24-18)16-6-3-2-4-7-16/h2-4,6-7,14H,5,8-13H2,1H3. The lowest BCUT2D eigenvalue weighted by molar-refractivity contribution is -0.116. The fraction of sp³-hybridized carbons (Fsp3) is 0.444. The summed E-state index contributed by atoms with van der Waals surface area (Å²) < 4.78 is 5.36. The summed E-state index contributed by atoms with van der Waals surface area (Å²) >= 11 is 1.53. The molecule has 1 saturated heterocycles. The summed E-state index contributed by atoms with van der Waals surface area (Å²) in [5.41, 5.74) is 2.01. The van der Waals surface area contributed by atoms with E-state index >= 15 is 0 Å². The molecular formula is C18H23N3O2S. The Labute approximate surface area is 146 Å². The van der Waals surface area contributed by atoms with Gasteiger partial charge in [0.2, 0.25) is 5.91 Å². The first-order chi connectivity index (χ1) is 11.7. The van der Waals surface area contributed by atoms with Gasteiger partial charge < -0.3 is 4.74 Å². The van der Waals surface area contributed by atoms with E-state index in [1.807, 2.05) is 35.7 Å². The molecule has 0 aliphatic carbocycles. The van der Waals surface area contributed by atoms with Crippen LogP contribution < -0.4 is 4.90 Å². The average Bonchev–Trinajstić information content (AvgIpc) is 3.10.